The molecule has 0 fully saturated rings. The highest BCUT2D eigenvalue weighted by Gasteiger charge is 2.39. The van der Waals surface area contributed by atoms with Gasteiger partial charge in [-0.2, -0.15) is 10.4 Å². The standard InChI is InChI=1S/C41H32N6OS/c1-28-34(27-47(45-28)41(31-12-5-2-6-13-31,32-14-7-3-8-15-32)33-16-9-4-10-17-33)30-20-22-39-43-25-36(46(39)26-30)29-19-21-35-38(24-29)49-40(44-35)37(48)18-11-23-42/h2-10,12-17,19-22,24-27,37,48H,11,18H2,1H3/t37-/m0/s1. The van der Waals surface area contributed by atoms with Crippen molar-refractivity contribution in [1.82, 2.24) is 24.1 Å². The summed E-state index contributed by atoms with van der Waals surface area (Å²) in [5.74, 6) is 0. The SMILES string of the molecule is Cc1nn(C(c2ccccc2)(c2ccccc2)c2ccccc2)cc1-c1ccc2ncc(-c3ccc4nc([C@@H](O)CCC#N)sc4c3)n2c1. The van der Waals surface area contributed by atoms with Crippen molar-refractivity contribution in [3.8, 4) is 28.5 Å². The summed E-state index contributed by atoms with van der Waals surface area (Å²) >= 11 is 1.46. The Morgan fingerprint density at radius 1 is 0.816 bits per heavy atom. The first-order valence-corrected chi connectivity index (χ1v) is 17.0. The van der Waals surface area contributed by atoms with Gasteiger partial charge in [0, 0.05) is 35.5 Å². The molecule has 4 aromatic carbocycles. The van der Waals surface area contributed by atoms with Crippen LogP contribution in [0.1, 0.15) is 46.3 Å². The van der Waals surface area contributed by atoms with Crippen molar-refractivity contribution in [3.05, 3.63) is 167 Å². The molecule has 49 heavy (non-hydrogen) atoms. The Morgan fingerprint density at radius 3 is 2.08 bits per heavy atom. The van der Waals surface area contributed by atoms with Gasteiger partial charge < -0.3 is 5.11 Å². The van der Waals surface area contributed by atoms with Crippen LogP contribution in [0, 0.1) is 18.3 Å². The summed E-state index contributed by atoms with van der Waals surface area (Å²) in [5, 5.41) is 25.3. The van der Waals surface area contributed by atoms with E-state index in [0.29, 0.717) is 11.4 Å². The zero-order valence-corrected chi connectivity index (χ0v) is 27.6. The largest absolute Gasteiger partial charge is 0.386 e. The van der Waals surface area contributed by atoms with E-state index in [4.69, 9.17) is 15.3 Å². The topological polar surface area (TPSA) is 92.0 Å². The average Bonchev–Trinajstić information content (AvgIpc) is 3.88. The van der Waals surface area contributed by atoms with Crippen LogP contribution in [0.4, 0.5) is 0 Å². The summed E-state index contributed by atoms with van der Waals surface area (Å²) in [4.78, 5) is 9.35. The van der Waals surface area contributed by atoms with E-state index in [-0.39, 0.29) is 6.42 Å². The summed E-state index contributed by atoms with van der Waals surface area (Å²) in [5.41, 5.74) is 9.25. The molecule has 0 bridgehead atoms. The van der Waals surface area contributed by atoms with Gasteiger partial charge in [0.25, 0.3) is 0 Å². The Bertz CT molecular complexity index is 2340. The first-order chi connectivity index (χ1) is 24.1. The van der Waals surface area contributed by atoms with Gasteiger partial charge >= 0.3 is 0 Å². The van der Waals surface area contributed by atoms with E-state index in [1.807, 2.05) is 42.6 Å². The highest BCUT2D eigenvalue weighted by Crippen LogP contribution is 2.42. The van der Waals surface area contributed by atoms with Gasteiger partial charge in [-0.25, -0.2) is 9.97 Å². The van der Waals surface area contributed by atoms with Crippen molar-refractivity contribution >= 4 is 27.2 Å². The number of imidazole rings is 1. The van der Waals surface area contributed by atoms with Gasteiger partial charge in [0.15, 0.2) is 0 Å². The number of hydrogen-bond donors (Lipinski definition) is 1. The normalized spacial score (nSPS) is 12.3. The fourth-order valence-electron chi connectivity index (χ4n) is 6.77. The van der Waals surface area contributed by atoms with Gasteiger partial charge in [-0.05, 0) is 54.3 Å². The lowest BCUT2D eigenvalue weighted by Gasteiger charge is -2.36. The molecule has 0 aliphatic heterocycles. The average molecular weight is 657 g/mol. The highest BCUT2D eigenvalue weighted by atomic mass is 32.1. The molecule has 4 aromatic heterocycles. The Hall–Kier alpha value is -5.88. The Morgan fingerprint density at radius 2 is 1.45 bits per heavy atom. The molecule has 0 saturated carbocycles. The summed E-state index contributed by atoms with van der Waals surface area (Å²) in [6.07, 6.45) is 6.12. The molecule has 1 atom stereocenters. The third kappa shape index (κ3) is 5.30. The second kappa shape index (κ2) is 12.6. The summed E-state index contributed by atoms with van der Waals surface area (Å²) in [6.45, 7) is 2.07. The maximum Gasteiger partial charge on any atom is 0.138 e. The number of hydrogen-bond acceptors (Lipinski definition) is 6. The number of benzene rings is 4. The van der Waals surface area contributed by atoms with Crippen LogP contribution >= 0.6 is 11.3 Å². The summed E-state index contributed by atoms with van der Waals surface area (Å²) < 4.78 is 5.22. The van der Waals surface area contributed by atoms with E-state index < -0.39 is 11.6 Å². The fourth-order valence-corrected chi connectivity index (χ4v) is 7.80. The number of thiazole rings is 1. The van der Waals surface area contributed by atoms with Crippen molar-refractivity contribution in [3.63, 3.8) is 0 Å². The van der Waals surface area contributed by atoms with Gasteiger partial charge in [-0.15, -0.1) is 11.3 Å². The zero-order chi connectivity index (χ0) is 33.4. The monoisotopic (exact) mass is 656 g/mol. The lowest BCUT2D eigenvalue weighted by atomic mass is 9.77. The maximum absolute atomic E-state index is 10.5. The first-order valence-electron chi connectivity index (χ1n) is 16.2. The predicted octanol–water partition coefficient (Wildman–Crippen LogP) is 8.96. The molecular formula is C41H32N6OS. The highest BCUT2D eigenvalue weighted by molar-refractivity contribution is 7.18. The van der Waals surface area contributed by atoms with Crippen molar-refractivity contribution in [2.75, 3.05) is 0 Å². The third-order valence-electron chi connectivity index (χ3n) is 9.15. The maximum atomic E-state index is 10.5. The van der Waals surface area contributed by atoms with Crippen LogP contribution in [0.25, 0.3) is 38.2 Å². The molecule has 4 heterocycles. The Kier molecular flexibility index (Phi) is 7.84. The van der Waals surface area contributed by atoms with Crippen LogP contribution in [0.5, 0.6) is 0 Å². The fraction of sp³-hybridized carbons (Fsp3) is 0.122. The van der Waals surface area contributed by atoms with Crippen LogP contribution < -0.4 is 0 Å². The van der Waals surface area contributed by atoms with Crippen LogP contribution in [-0.4, -0.2) is 29.3 Å². The van der Waals surface area contributed by atoms with E-state index in [0.717, 1.165) is 60.6 Å². The lowest BCUT2D eigenvalue weighted by Crippen LogP contribution is -2.38. The van der Waals surface area contributed by atoms with Crippen LogP contribution in [0.15, 0.2) is 140 Å². The van der Waals surface area contributed by atoms with Crippen LogP contribution in [0.3, 0.4) is 0 Å². The minimum absolute atomic E-state index is 0.288. The molecular weight excluding hydrogens is 625 g/mol. The lowest BCUT2D eigenvalue weighted by molar-refractivity contribution is 0.169. The molecule has 0 radical (unpaired) electrons. The smallest absolute Gasteiger partial charge is 0.138 e. The molecule has 1 N–H and O–H groups in total. The summed E-state index contributed by atoms with van der Waals surface area (Å²) in [6, 6.07) is 44.1. The molecule has 0 spiro atoms. The van der Waals surface area contributed by atoms with Crippen LogP contribution in [0.2, 0.25) is 0 Å². The van der Waals surface area contributed by atoms with Gasteiger partial charge in [0.1, 0.15) is 22.3 Å². The molecule has 0 saturated heterocycles. The number of aryl methyl sites for hydroxylation is 1. The number of aliphatic hydroxyl groups is 1. The molecule has 0 unspecified atom stereocenters. The number of pyridine rings is 1. The molecule has 8 aromatic rings. The molecule has 8 rings (SSSR count). The van der Waals surface area contributed by atoms with Crippen molar-refractivity contribution in [2.45, 2.75) is 31.4 Å². The quantitative estimate of drug-likeness (QED) is 0.157. The van der Waals surface area contributed by atoms with Gasteiger partial charge in [0.2, 0.25) is 0 Å². The van der Waals surface area contributed by atoms with Gasteiger partial charge in [-0.3, -0.25) is 9.08 Å². The number of rotatable bonds is 9. The van der Waals surface area contributed by atoms with Gasteiger partial charge in [0.05, 0.1) is 33.9 Å². The molecule has 0 amide bonds. The Balaban J connectivity index is 1.25. The number of aromatic nitrogens is 5. The van der Waals surface area contributed by atoms with Crippen molar-refractivity contribution < 1.29 is 5.11 Å². The number of nitrogens with zero attached hydrogens (tertiary/aromatic N) is 6. The zero-order valence-electron chi connectivity index (χ0n) is 26.8. The molecule has 238 valence electrons. The number of fused-ring (bicyclic) bond motifs is 2. The second-order valence-corrected chi connectivity index (χ2v) is 13.2. The number of aliphatic hydroxyl groups excluding tert-OH is 1. The first kappa shape index (κ1) is 30.5. The molecule has 7 nitrogen and oxygen atoms in total. The summed E-state index contributed by atoms with van der Waals surface area (Å²) in [7, 11) is 0. The second-order valence-electron chi connectivity index (χ2n) is 12.1. The van der Waals surface area contributed by atoms with Crippen molar-refractivity contribution in [1.29, 1.82) is 5.26 Å². The molecule has 8 heteroatoms. The van der Waals surface area contributed by atoms with Gasteiger partial charge in [-0.1, -0.05) is 97.1 Å². The molecule has 0 aliphatic carbocycles. The van der Waals surface area contributed by atoms with E-state index in [9.17, 15) is 5.11 Å². The van der Waals surface area contributed by atoms with E-state index in [1.165, 1.54) is 11.3 Å². The molecule has 0 aliphatic rings. The van der Waals surface area contributed by atoms with E-state index >= 15 is 0 Å². The Labute approximate surface area is 288 Å². The number of nitriles is 1. The minimum Gasteiger partial charge on any atom is -0.386 e. The van der Waals surface area contributed by atoms with E-state index in [2.05, 4.69) is 124 Å². The minimum atomic E-state index is -0.743. The predicted molar refractivity (Wildman–Crippen MR) is 194 cm³/mol. The third-order valence-corrected chi connectivity index (χ3v) is 10.3. The van der Waals surface area contributed by atoms with E-state index in [1.54, 1.807) is 0 Å². The van der Waals surface area contributed by atoms with Crippen molar-refractivity contribution in [2.24, 2.45) is 0 Å². The van der Waals surface area contributed by atoms with Crippen LogP contribution in [-0.2, 0) is 5.54 Å².